The van der Waals surface area contributed by atoms with Gasteiger partial charge in [0.15, 0.2) is 11.5 Å². The number of H-pyrrole nitrogens is 1. The summed E-state index contributed by atoms with van der Waals surface area (Å²) in [6.45, 7) is 5.83. The van der Waals surface area contributed by atoms with Crippen molar-refractivity contribution in [3.63, 3.8) is 0 Å². The third-order valence-electron chi connectivity index (χ3n) is 4.22. The highest BCUT2D eigenvalue weighted by Crippen LogP contribution is 2.15. The molecule has 24 heavy (non-hydrogen) atoms. The summed E-state index contributed by atoms with van der Waals surface area (Å²) < 4.78 is 5.61. The lowest BCUT2D eigenvalue weighted by Gasteiger charge is -2.10. The fourth-order valence-electron chi connectivity index (χ4n) is 2.64. The summed E-state index contributed by atoms with van der Waals surface area (Å²) in [5.41, 5.74) is 3.71. The molecule has 1 aromatic carbocycles. The monoisotopic (exact) mass is 325 g/mol. The minimum Gasteiger partial charge on any atom is -0.441 e. The molecular formula is C18H19N3O3. The van der Waals surface area contributed by atoms with Crippen LogP contribution in [0.5, 0.6) is 0 Å². The molecule has 2 aromatic heterocycles. The Bertz CT molecular complexity index is 936. The molecule has 1 amide bonds. The van der Waals surface area contributed by atoms with Crippen molar-refractivity contribution in [1.29, 1.82) is 0 Å². The number of pyridine rings is 1. The number of aryl methyl sites for hydroxylation is 1. The second-order valence-corrected chi connectivity index (χ2v) is 5.79. The van der Waals surface area contributed by atoms with Gasteiger partial charge in [0, 0.05) is 18.7 Å². The number of hydrogen-bond donors (Lipinski definition) is 2. The molecule has 0 unspecified atom stereocenters. The number of carbonyl (C=O) groups excluding carboxylic acids is 1. The number of aromatic amines is 1. The van der Waals surface area contributed by atoms with E-state index in [0.29, 0.717) is 24.4 Å². The van der Waals surface area contributed by atoms with Crippen molar-refractivity contribution < 1.29 is 9.21 Å². The molecule has 2 heterocycles. The van der Waals surface area contributed by atoms with Crippen molar-refractivity contribution in [3.8, 4) is 0 Å². The van der Waals surface area contributed by atoms with E-state index in [0.717, 1.165) is 22.4 Å². The smallest absolute Gasteiger partial charge is 0.261 e. The normalized spacial score (nSPS) is 11.0. The molecule has 3 aromatic rings. The van der Waals surface area contributed by atoms with Crippen molar-refractivity contribution in [3.05, 3.63) is 62.9 Å². The van der Waals surface area contributed by atoms with Gasteiger partial charge >= 0.3 is 0 Å². The van der Waals surface area contributed by atoms with E-state index in [-0.39, 0.29) is 17.0 Å². The van der Waals surface area contributed by atoms with Crippen LogP contribution < -0.4 is 10.9 Å². The van der Waals surface area contributed by atoms with Crippen LogP contribution >= 0.6 is 0 Å². The highest BCUT2D eigenvalue weighted by molar-refractivity contribution is 5.95. The van der Waals surface area contributed by atoms with E-state index in [9.17, 15) is 9.59 Å². The summed E-state index contributed by atoms with van der Waals surface area (Å²) in [7, 11) is 0. The van der Waals surface area contributed by atoms with Gasteiger partial charge in [-0.25, -0.2) is 4.98 Å². The van der Waals surface area contributed by atoms with E-state index in [1.807, 2.05) is 38.1 Å². The number of nitrogens with zero attached hydrogens (tertiary/aromatic N) is 1. The Labute approximate surface area is 138 Å². The van der Waals surface area contributed by atoms with Gasteiger partial charge in [0.2, 0.25) is 0 Å². The summed E-state index contributed by atoms with van der Waals surface area (Å²) >= 11 is 0. The molecular weight excluding hydrogens is 306 g/mol. The Kier molecular flexibility index (Phi) is 4.20. The van der Waals surface area contributed by atoms with E-state index < -0.39 is 0 Å². The first kappa shape index (κ1) is 16.0. The third kappa shape index (κ3) is 2.95. The molecule has 0 bridgehead atoms. The van der Waals surface area contributed by atoms with Crippen molar-refractivity contribution in [2.24, 2.45) is 0 Å². The van der Waals surface area contributed by atoms with Gasteiger partial charge in [-0.05, 0) is 44.0 Å². The maximum absolute atomic E-state index is 12.3. The molecule has 0 spiro atoms. The van der Waals surface area contributed by atoms with Crippen LogP contribution in [0.1, 0.15) is 33.1 Å². The highest BCUT2D eigenvalue weighted by Gasteiger charge is 2.16. The Morgan fingerprint density at radius 3 is 2.71 bits per heavy atom. The summed E-state index contributed by atoms with van der Waals surface area (Å²) in [6.07, 6.45) is 0.461. The Morgan fingerprint density at radius 2 is 1.96 bits per heavy atom. The molecule has 0 fully saturated rings. The Balaban J connectivity index is 1.70. The molecule has 3 rings (SSSR count). The zero-order valence-corrected chi connectivity index (χ0v) is 13.9. The lowest BCUT2D eigenvalue weighted by Crippen LogP contribution is -2.32. The minimum absolute atomic E-state index is 0.163. The van der Waals surface area contributed by atoms with Gasteiger partial charge < -0.3 is 14.7 Å². The number of para-hydroxylation sites is 2. The number of benzene rings is 1. The molecule has 0 saturated heterocycles. The van der Waals surface area contributed by atoms with E-state index in [4.69, 9.17) is 4.42 Å². The Hall–Kier alpha value is -2.89. The molecule has 0 aliphatic heterocycles. The van der Waals surface area contributed by atoms with Crippen LogP contribution in [0.2, 0.25) is 0 Å². The van der Waals surface area contributed by atoms with Gasteiger partial charge in [-0.15, -0.1) is 0 Å². The lowest BCUT2D eigenvalue weighted by molar-refractivity contribution is 0.0951. The van der Waals surface area contributed by atoms with Crippen molar-refractivity contribution in [1.82, 2.24) is 15.3 Å². The highest BCUT2D eigenvalue weighted by atomic mass is 16.3. The van der Waals surface area contributed by atoms with Gasteiger partial charge in [-0.2, -0.15) is 0 Å². The van der Waals surface area contributed by atoms with E-state index >= 15 is 0 Å². The minimum atomic E-state index is -0.382. The van der Waals surface area contributed by atoms with Crippen LogP contribution in [0.4, 0.5) is 0 Å². The first-order valence-corrected chi connectivity index (χ1v) is 7.80. The maximum atomic E-state index is 12.3. The van der Waals surface area contributed by atoms with Crippen molar-refractivity contribution in [2.75, 3.05) is 6.54 Å². The predicted molar refractivity (Wildman–Crippen MR) is 91.3 cm³/mol. The summed E-state index contributed by atoms with van der Waals surface area (Å²) in [5, 5.41) is 2.76. The fraction of sp³-hybridized carbons (Fsp3) is 0.278. The number of carbonyl (C=O) groups is 1. The number of nitrogens with one attached hydrogen (secondary N) is 2. The largest absolute Gasteiger partial charge is 0.441 e. The van der Waals surface area contributed by atoms with Crippen LogP contribution in [-0.2, 0) is 6.42 Å². The van der Waals surface area contributed by atoms with E-state index in [1.54, 1.807) is 6.92 Å². The molecule has 6 heteroatoms. The molecule has 0 aliphatic carbocycles. The molecule has 0 atom stereocenters. The number of fused-ring (bicyclic) bond motifs is 1. The summed E-state index contributed by atoms with van der Waals surface area (Å²) in [6, 6.07) is 7.50. The van der Waals surface area contributed by atoms with Crippen LogP contribution in [0.15, 0.2) is 33.5 Å². The summed E-state index contributed by atoms with van der Waals surface area (Å²) in [4.78, 5) is 31.5. The Morgan fingerprint density at radius 1 is 1.21 bits per heavy atom. The number of oxazole rings is 1. The average Bonchev–Trinajstić information content (AvgIpc) is 2.95. The zero-order chi connectivity index (χ0) is 17.3. The van der Waals surface area contributed by atoms with Gasteiger partial charge in [-0.1, -0.05) is 12.1 Å². The van der Waals surface area contributed by atoms with Gasteiger partial charge in [0.25, 0.3) is 11.5 Å². The van der Waals surface area contributed by atoms with Gasteiger partial charge in [0.1, 0.15) is 11.1 Å². The summed E-state index contributed by atoms with van der Waals surface area (Å²) in [5.74, 6) is 0.176. The molecule has 2 N–H and O–H groups in total. The second kappa shape index (κ2) is 6.31. The van der Waals surface area contributed by atoms with Crippen LogP contribution in [-0.4, -0.2) is 22.4 Å². The maximum Gasteiger partial charge on any atom is 0.261 e. The van der Waals surface area contributed by atoms with E-state index in [1.165, 1.54) is 0 Å². The first-order valence-electron chi connectivity index (χ1n) is 7.80. The molecule has 6 nitrogen and oxygen atoms in total. The number of hydrogen-bond acceptors (Lipinski definition) is 4. The standard InChI is InChI=1S/C18H19N3O3/c1-10-11(2)16(18(23)20-12(10)3)17(22)19-9-8-15-21-13-6-4-5-7-14(13)24-15/h4-7H,8-9H2,1-3H3,(H,19,22)(H,20,23). The van der Waals surface area contributed by atoms with E-state index in [2.05, 4.69) is 15.3 Å². The lowest BCUT2D eigenvalue weighted by atomic mass is 10.0. The third-order valence-corrected chi connectivity index (χ3v) is 4.22. The van der Waals surface area contributed by atoms with Crippen LogP contribution in [0.3, 0.4) is 0 Å². The molecule has 0 radical (unpaired) electrons. The number of amides is 1. The average molecular weight is 325 g/mol. The van der Waals surface area contributed by atoms with Crippen molar-refractivity contribution >= 4 is 17.0 Å². The number of aromatic nitrogens is 2. The van der Waals surface area contributed by atoms with Crippen LogP contribution in [0, 0.1) is 20.8 Å². The topological polar surface area (TPSA) is 88.0 Å². The fourth-order valence-corrected chi connectivity index (χ4v) is 2.64. The second-order valence-electron chi connectivity index (χ2n) is 5.79. The molecule has 124 valence electrons. The van der Waals surface area contributed by atoms with Gasteiger partial charge in [0.05, 0.1) is 0 Å². The molecule has 0 aliphatic rings. The van der Waals surface area contributed by atoms with Crippen molar-refractivity contribution in [2.45, 2.75) is 27.2 Å². The van der Waals surface area contributed by atoms with Gasteiger partial charge in [-0.3, -0.25) is 9.59 Å². The molecule has 0 saturated carbocycles. The predicted octanol–water partition coefficient (Wildman–Crippen LogP) is 2.41. The first-order chi connectivity index (χ1) is 11.5. The van der Waals surface area contributed by atoms with Crippen LogP contribution in [0.25, 0.3) is 11.1 Å². The quantitative estimate of drug-likeness (QED) is 0.771. The SMILES string of the molecule is Cc1[nH]c(=O)c(C(=O)NCCc2nc3ccccc3o2)c(C)c1C. The zero-order valence-electron chi connectivity index (χ0n) is 13.9. The number of rotatable bonds is 4.